The first kappa shape index (κ1) is 34.3. The lowest BCUT2D eigenvalue weighted by atomic mass is 9.88. The van der Waals surface area contributed by atoms with Gasteiger partial charge in [0.05, 0.1) is 0 Å². The van der Waals surface area contributed by atoms with E-state index in [0.717, 1.165) is 65.3 Å². The predicted octanol–water partition coefficient (Wildman–Crippen LogP) is 10.4. The zero-order chi connectivity index (χ0) is 25.3. The summed E-state index contributed by atoms with van der Waals surface area (Å²) in [7, 11) is 0. The number of hydrogen-bond acceptors (Lipinski definition) is 2. The molecule has 0 aromatic heterocycles. The Balaban J connectivity index is 0. The topological polar surface area (TPSA) is 0 Å². The van der Waals surface area contributed by atoms with Crippen molar-refractivity contribution in [1.82, 2.24) is 0 Å². The Morgan fingerprint density at radius 3 is 1.34 bits per heavy atom. The van der Waals surface area contributed by atoms with Crippen molar-refractivity contribution in [1.29, 1.82) is 0 Å². The predicted molar refractivity (Wildman–Crippen MR) is 158 cm³/mol. The summed E-state index contributed by atoms with van der Waals surface area (Å²) in [6.45, 7) is 26.2. The van der Waals surface area contributed by atoms with Crippen molar-refractivity contribution in [2.75, 3.05) is 11.5 Å². The van der Waals surface area contributed by atoms with Crippen LogP contribution in [0.3, 0.4) is 0 Å². The molecule has 0 nitrogen and oxygen atoms in total. The molecule has 0 spiro atoms. The summed E-state index contributed by atoms with van der Waals surface area (Å²) < 4.78 is 0. The fourth-order valence-corrected chi connectivity index (χ4v) is 5.28. The van der Waals surface area contributed by atoms with Crippen LogP contribution >= 0.6 is 25.3 Å². The van der Waals surface area contributed by atoms with Crippen LogP contribution in [0.25, 0.3) is 0 Å². The van der Waals surface area contributed by atoms with Crippen molar-refractivity contribution in [3.8, 4) is 0 Å². The minimum absolute atomic E-state index is 0.748. The molecule has 32 heavy (non-hydrogen) atoms. The monoisotopic (exact) mass is 484 g/mol. The van der Waals surface area contributed by atoms with Crippen LogP contribution in [-0.4, -0.2) is 11.5 Å². The van der Waals surface area contributed by atoms with E-state index >= 15 is 0 Å². The zero-order valence-electron chi connectivity index (χ0n) is 23.5. The first-order valence-electron chi connectivity index (χ1n) is 13.4. The normalized spacial score (nSPS) is 28.7. The Morgan fingerprint density at radius 1 is 0.781 bits per heavy atom. The molecular formula is C30H60S2. The maximum absolute atomic E-state index is 4.33. The molecule has 0 aromatic rings. The quantitative estimate of drug-likeness (QED) is 0.272. The molecule has 0 bridgehead atoms. The molecule has 2 fully saturated rings. The Morgan fingerprint density at radius 2 is 1.16 bits per heavy atom. The molecule has 2 aliphatic carbocycles. The third kappa shape index (κ3) is 17.6. The highest BCUT2D eigenvalue weighted by atomic mass is 32.1. The van der Waals surface area contributed by atoms with E-state index in [-0.39, 0.29) is 0 Å². The molecule has 0 N–H and O–H groups in total. The fraction of sp³-hybridized carbons (Fsp3) is 0.867. The van der Waals surface area contributed by atoms with Gasteiger partial charge in [0.15, 0.2) is 0 Å². The number of thiol groups is 2. The highest BCUT2D eigenvalue weighted by Crippen LogP contribution is 2.39. The zero-order valence-corrected chi connectivity index (χ0v) is 25.3. The van der Waals surface area contributed by atoms with E-state index in [4.69, 9.17) is 0 Å². The second-order valence-electron chi connectivity index (χ2n) is 11.6. The summed E-state index contributed by atoms with van der Waals surface area (Å²) in [5.41, 5.74) is 1.47. The van der Waals surface area contributed by atoms with Crippen molar-refractivity contribution < 1.29 is 0 Å². The molecule has 2 aliphatic rings. The molecule has 0 radical (unpaired) electrons. The van der Waals surface area contributed by atoms with E-state index in [1.165, 1.54) is 37.7 Å². The molecule has 2 saturated carbocycles. The van der Waals surface area contributed by atoms with Crippen LogP contribution in [0.2, 0.25) is 0 Å². The molecule has 2 heteroatoms. The van der Waals surface area contributed by atoms with Crippen LogP contribution in [0.1, 0.15) is 108 Å². The minimum atomic E-state index is 0.748. The fourth-order valence-electron chi connectivity index (χ4n) is 4.56. The van der Waals surface area contributed by atoms with E-state index in [1.807, 2.05) is 6.08 Å². The summed E-state index contributed by atoms with van der Waals surface area (Å²) in [4.78, 5) is 0. The molecule has 2 rings (SSSR count). The second-order valence-corrected chi connectivity index (χ2v) is 12.3. The largest absolute Gasteiger partial charge is 0.179 e. The van der Waals surface area contributed by atoms with E-state index in [1.54, 1.807) is 0 Å². The van der Waals surface area contributed by atoms with E-state index in [0.29, 0.717) is 0 Å². The molecule has 0 aromatic carbocycles. The maximum Gasteiger partial charge on any atom is -0.00644 e. The van der Waals surface area contributed by atoms with Crippen LogP contribution in [-0.2, 0) is 0 Å². The summed E-state index contributed by atoms with van der Waals surface area (Å²) in [5, 5.41) is 0. The summed E-state index contributed by atoms with van der Waals surface area (Å²) in [6, 6.07) is 0. The molecular weight excluding hydrogens is 424 g/mol. The van der Waals surface area contributed by atoms with Crippen molar-refractivity contribution in [2.24, 2.45) is 47.3 Å². The van der Waals surface area contributed by atoms with Gasteiger partial charge >= 0.3 is 0 Å². The third-order valence-electron chi connectivity index (χ3n) is 7.09. The van der Waals surface area contributed by atoms with Gasteiger partial charge < -0.3 is 0 Å². The summed E-state index contributed by atoms with van der Waals surface area (Å²) in [5.74, 6) is 9.23. The first-order chi connectivity index (χ1) is 14.9. The van der Waals surface area contributed by atoms with E-state index in [2.05, 4.69) is 107 Å². The van der Waals surface area contributed by atoms with Crippen LogP contribution in [0.5, 0.6) is 0 Å². The van der Waals surface area contributed by atoms with Gasteiger partial charge in [-0.3, -0.25) is 0 Å². The van der Waals surface area contributed by atoms with Crippen molar-refractivity contribution in [3.05, 3.63) is 24.3 Å². The van der Waals surface area contributed by atoms with Crippen LogP contribution in [0.15, 0.2) is 24.3 Å². The van der Waals surface area contributed by atoms with Gasteiger partial charge in [0, 0.05) is 0 Å². The van der Waals surface area contributed by atoms with Crippen LogP contribution < -0.4 is 0 Å². The van der Waals surface area contributed by atoms with Crippen molar-refractivity contribution in [3.63, 3.8) is 0 Å². The highest BCUT2D eigenvalue weighted by Gasteiger charge is 2.29. The number of allylic oxidation sites excluding steroid dienone is 3. The molecule has 0 saturated heterocycles. The Kier molecular flexibility index (Phi) is 22.1. The molecule has 192 valence electrons. The molecule has 0 heterocycles. The van der Waals surface area contributed by atoms with Crippen molar-refractivity contribution in [2.45, 2.75) is 108 Å². The van der Waals surface area contributed by atoms with E-state index in [9.17, 15) is 0 Å². The average molecular weight is 485 g/mol. The lowest BCUT2D eigenvalue weighted by Crippen LogP contribution is -2.11. The Hall–Kier alpha value is 0.180. The lowest BCUT2D eigenvalue weighted by molar-refractivity contribution is 0.349. The van der Waals surface area contributed by atoms with Gasteiger partial charge in [0.1, 0.15) is 0 Å². The summed E-state index contributed by atoms with van der Waals surface area (Å²) in [6.07, 6.45) is 12.5. The number of hydrogen-bond donors (Lipinski definition) is 2. The van der Waals surface area contributed by atoms with Crippen LogP contribution in [0, 0.1) is 47.3 Å². The number of rotatable bonds is 6. The van der Waals surface area contributed by atoms with Gasteiger partial charge in [0.2, 0.25) is 0 Å². The Bertz CT molecular complexity index is 441. The molecule has 0 aliphatic heterocycles. The van der Waals surface area contributed by atoms with Gasteiger partial charge in [-0.1, -0.05) is 98.8 Å². The minimum Gasteiger partial charge on any atom is -0.179 e. The van der Waals surface area contributed by atoms with Gasteiger partial charge in [-0.15, -0.1) is 6.58 Å². The Labute approximate surface area is 215 Å². The highest BCUT2D eigenvalue weighted by molar-refractivity contribution is 7.80. The first-order valence-corrected chi connectivity index (χ1v) is 14.6. The standard InChI is InChI=1S/C12H22.C8H16S.C6H12.C4H10S/c1-9(2)5-8-12-10(3)6-7-11(12)4;1-6-3-4-7(2)8(6)5-9;1-4-5-6(2)3;1-4(2)3-5/h5,10-12H,6-8H2,1-4H3;6-9H,3-5H2,1-2H3;4,6H,1,5H2,2-3H3;4-5H,3H2,1-2H3. The van der Waals surface area contributed by atoms with Crippen LogP contribution in [0.4, 0.5) is 0 Å². The smallest absolute Gasteiger partial charge is 0.00644 e. The summed E-state index contributed by atoms with van der Waals surface area (Å²) >= 11 is 8.35. The SMILES string of the molecule is C=CCC(C)C.CC(C)=CCC1C(C)CCC1C.CC(C)CS.CC1CCC(C)C1CS. The maximum atomic E-state index is 4.33. The average Bonchev–Trinajstić information content (AvgIpc) is 3.21. The lowest BCUT2D eigenvalue weighted by Gasteiger charge is -2.17. The van der Waals surface area contributed by atoms with Gasteiger partial charge in [-0.05, 0) is 85.5 Å². The third-order valence-corrected chi connectivity index (χ3v) is 8.24. The van der Waals surface area contributed by atoms with Gasteiger partial charge in [0.25, 0.3) is 0 Å². The van der Waals surface area contributed by atoms with Gasteiger partial charge in [-0.2, -0.15) is 25.3 Å². The molecule has 4 unspecified atom stereocenters. The second kappa shape index (κ2) is 20.5. The molecule has 4 atom stereocenters. The molecule has 0 amide bonds. The van der Waals surface area contributed by atoms with Gasteiger partial charge in [-0.25, -0.2) is 0 Å². The van der Waals surface area contributed by atoms with E-state index < -0.39 is 0 Å². The van der Waals surface area contributed by atoms with Crippen molar-refractivity contribution >= 4 is 25.3 Å².